The van der Waals surface area contributed by atoms with Crippen LogP contribution in [0.1, 0.15) is 42.5 Å². The normalized spacial score (nSPS) is 17.9. The van der Waals surface area contributed by atoms with E-state index in [0.717, 1.165) is 12.5 Å². The van der Waals surface area contributed by atoms with Crippen molar-refractivity contribution in [2.45, 2.75) is 38.3 Å². The maximum atomic E-state index is 3.68. The molecule has 0 bridgehead atoms. The van der Waals surface area contributed by atoms with Crippen LogP contribution >= 0.6 is 0 Å². The fourth-order valence-electron chi connectivity index (χ4n) is 3.13. The van der Waals surface area contributed by atoms with Crippen LogP contribution in [0.25, 0.3) is 11.1 Å². The van der Waals surface area contributed by atoms with Crippen LogP contribution in [0.3, 0.4) is 0 Å². The molecule has 1 heteroatoms. The predicted molar refractivity (Wildman–Crippen MR) is 79.3 cm³/mol. The zero-order valence-electron chi connectivity index (χ0n) is 11.3. The van der Waals surface area contributed by atoms with Crippen LogP contribution in [0, 0.1) is 0 Å². The van der Waals surface area contributed by atoms with E-state index in [1.165, 1.54) is 40.7 Å². The summed E-state index contributed by atoms with van der Waals surface area (Å²) in [5.41, 5.74) is 7.24. The lowest BCUT2D eigenvalue weighted by Gasteiger charge is -2.15. The summed E-state index contributed by atoms with van der Waals surface area (Å²) in [5, 5.41) is 3.68. The van der Waals surface area contributed by atoms with Crippen molar-refractivity contribution in [3.8, 4) is 11.1 Å². The first-order valence-electron chi connectivity index (χ1n) is 7.28. The van der Waals surface area contributed by atoms with Crippen molar-refractivity contribution < 1.29 is 0 Å². The molecule has 1 unspecified atom stereocenters. The molecule has 1 fully saturated rings. The average Bonchev–Trinajstić information content (AvgIpc) is 3.16. The standard InChI is InChI=1S/C18H19N/c1-12(19-16-7-8-16)13-6-9-18-15(10-13)11-14-4-2-3-5-17(14)18/h2-6,9-10,12,16,19H,7-8,11H2,1H3. The monoisotopic (exact) mass is 249 g/mol. The Bertz CT molecular complexity index is 625. The van der Waals surface area contributed by atoms with Crippen molar-refractivity contribution in [3.05, 3.63) is 59.2 Å². The van der Waals surface area contributed by atoms with Gasteiger partial charge in [-0.25, -0.2) is 0 Å². The summed E-state index contributed by atoms with van der Waals surface area (Å²) < 4.78 is 0. The van der Waals surface area contributed by atoms with E-state index >= 15 is 0 Å². The summed E-state index contributed by atoms with van der Waals surface area (Å²) in [6, 6.07) is 17.0. The van der Waals surface area contributed by atoms with Gasteiger partial charge in [-0.1, -0.05) is 42.5 Å². The van der Waals surface area contributed by atoms with Crippen LogP contribution in [0.2, 0.25) is 0 Å². The molecule has 0 amide bonds. The first kappa shape index (κ1) is 11.2. The molecule has 2 aliphatic rings. The number of hydrogen-bond donors (Lipinski definition) is 1. The Morgan fingerprint density at radius 2 is 1.79 bits per heavy atom. The van der Waals surface area contributed by atoms with Gasteiger partial charge in [-0.15, -0.1) is 0 Å². The van der Waals surface area contributed by atoms with Crippen molar-refractivity contribution >= 4 is 0 Å². The van der Waals surface area contributed by atoms with Gasteiger partial charge in [-0.2, -0.15) is 0 Å². The summed E-state index contributed by atoms with van der Waals surface area (Å²) in [6.45, 7) is 2.28. The van der Waals surface area contributed by atoms with Gasteiger partial charge in [0.25, 0.3) is 0 Å². The SMILES string of the molecule is CC(NC1CC1)c1ccc2c(c1)Cc1ccccc1-2. The van der Waals surface area contributed by atoms with Gasteiger partial charge >= 0.3 is 0 Å². The summed E-state index contributed by atoms with van der Waals surface area (Å²) in [7, 11) is 0. The Kier molecular flexibility index (Phi) is 2.49. The second-order valence-electron chi connectivity index (χ2n) is 5.91. The van der Waals surface area contributed by atoms with Crippen molar-refractivity contribution in [1.82, 2.24) is 5.32 Å². The Hall–Kier alpha value is -1.60. The van der Waals surface area contributed by atoms with Gasteiger partial charge in [0.2, 0.25) is 0 Å². The molecule has 0 aromatic heterocycles. The van der Waals surface area contributed by atoms with Crippen LogP contribution in [0.4, 0.5) is 0 Å². The minimum Gasteiger partial charge on any atom is -0.307 e. The molecular formula is C18H19N. The van der Waals surface area contributed by atoms with Crippen LogP contribution in [0.15, 0.2) is 42.5 Å². The fourth-order valence-corrected chi connectivity index (χ4v) is 3.13. The van der Waals surface area contributed by atoms with E-state index in [-0.39, 0.29) is 0 Å². The third-order valence-electron chi connectivity index (χ3n) is 4.38. The van der Waals surface area contributed by atoms with Crippen LogP contribution < -0.4 is 5.32 Å². The van der Waals surface area contributed by atoms with Gasteiger partial charge in [0.15, 0.2) is 0 Å². The van der Waals surface area contributed by atoms with Gasteiger partial charge in [0.1, 0.15) is 0 Å². The molecule has 96 valence electrons. The van der Waals surface area contributed by atoms with Crippen molar-refractivity contribution in [3.63, 3.8) is 0 Å². The summed E-state index contributed by atoms with van der Waals surface area (Å²) in [5.74, 6) is 0. The second kappa shape index (κ2) is 4.21. The summed E-state index contributed by atoms with van der Waals surface area (Å²) >= 11 is 0. The molecule has 0 radical (unpaired) electrons. The first-order chi connectivity index (χ1) is 9.31. The molecule has 0 saturated heterocycles. The van der Waals surface area contributed by atoms with Crippen LogP contribution in [-0.4, -0.2) is 6.04 Å². The number of nitrogens with one attached hydrogen (secondary N) is 1. The predicted octanol–water partition coefficient (Wildman–Crippen LogP) is 4.07. The Morgan fingerprint density at radius 1 is 1.00 bits per heavy atom. The van der Waals surface area contributed by atoms with E-state index in [2.05, 4.69) is 54.7 Å². The smallest absolute Gasteiger partial charge is 0.0294 e. The number of benzene rings is 2. The highest BCUT2D eigenvalue weighted by molar-refractivity contribution is 5.76. The molecule has 2 aromatic carbocycles. The van der Waals surface area contributed by atoms with E-state index in [9.17, 15) is 0 Å². The maximum Gasteiger partial charge on any atom is 0.0294 e. The molecular weight excluding hydrogens is 230 g/mol. The average molecular weight is 249 g/mol. The van der Waals surface area contributed by atoms with Crippen molar-refractivity contribution in [2.75, 3.05) is 0 Å². The lowest BCUT2D eigenvalue weighted by atomic mass is 10.0. The third kappa shape index (κ3) is 1.98. The Morgan fingerprint density at radius 3 is 2.63 bits per heavy atom. The van der Waals surface area contributed by atoms with Gasteiger partial charge < -0.3 is 5.32 Å². The minimum atomic E-state index is 0.474. The maximum absolute atomic E-state index is 3.68. The highest BCUT2D eigenvalue weighted by atomic mass is 15.0. The van der Waals surface area contributed by atoms with Crippen LogP contribution in [-0.2, 0) is 6.42 Å². The Balaban J connectivity index is 1.67. The van der Waals surface area contributed by atoms with Gasteiger partial charge in [0.05, 0.1) is 0 Å². The van der Waals surface area contributed by atoms with Gasteiger partial charge in [-0.3, -0.25) is 0 Å². The van der Waals surface area contributed by atoms with E-state index in [1.54, 1.807) is 0 Å². The van der Waals surface area contributed by atoms with Gasteiger partial charge in [-0.05, 0) is 54.0 Å². The van der Waals surface area contributed by atoms with E-state index in [0.29, 0.717) is 6.04 Å². The van der Waals surface area contributed by atoms with E-state index in [4.69, 9.17) is 0 Å². The molecule has 4 rings (SSSR count). The van der Waals surface area contributed by atoms with Crippen LogP contribution in [0.5, 0.6) is 0 Å². The number of fused-ring (bicyclic) bond motifs is 3. The molecule has 1 N–H and O–H groups in total. The zero-order valence-corrected chi connectivity index (χ0v) is 11.3. The lowest BCUT2D eigenvalue weighted by molar-refractivity contribution is 0.571. The molecule has 0 aliphatic heterocycles. The van der Waals surface area contributed by atoms with Crippen molar-refractivity contribution in [1.29, 1.82) is 0 Å². The quantitative estimate of drug-likeness (QED) is 0.737. The Labute approximate surface area is 114 Å². The molecule has 1 nitrogen and oxygen atoms in total. The number of rotatable bonds is 3. The molecule has 1 saturated carbocycles. The van der Waals surface area contributed by atoms with Crippen molar-refractivity contribution in [2.24, 2.45) is 0 Å². The zero-order chi connectivity index (χ0) is 12.8. The fraction of sp³-hybridized carbons (Fsp3) is 0.333. The second-order valence-corrected chi connectivity index (χ2v) is 5.91. The molecule has 1 atom stereocenters. The highest BCUT2D eigenvalue weighted by Gasteiger charge is 2.24. The van der Waals surface area contributed by atoms with Gasteiger partial charge in [0, 0.05) is 12.1 Å². The molecule has 19 heavy (non-hydrogen) atoms. The lowest BCUT2D eigenvalue weighted by Crippen LogP contribution is -2.20. The number of hydrogen-bond acceptors (Lipinski definition) is 1. The highest BCUT2D eigenvalue weighted by Crippen LogP contribution is 2.37. The molecule has 2 aliphatic carbocycles. The van der Waals surface area contributed by atoms with E-state index in [1.807, 2.05) is 0 Å². The largest absolute Gasteiger partial charge is 0.307 e. The molecule has 0 heterocycles. The summed E-state index contributed by atoms with van der Waals surface area (Å²) in [6.07, 6.45) is 3.79. The third-order valence-corrected chi connectivity index (χ3v) is 4.38. The van der Waals surface area contributed by atoms with E-state index < -0.39 is 0 Å². The molecule has 0 spiro atoms. The summed E-state index contributed by atoms with van der Waals surface area (Å²) in [4.78, 5) is 0. The topological polar surface area (TPSA) is 12.0 Å². The first-order valence-corrected chi connectivity index (χ1v) is 7.28. The molecule has 2 aromatic rings. The minimum absolute atomic E-state index is 0.474.